The molecule has 0 saturated carbocycles. The van der Waals surface area contributed by atoms with Gasteiger partial charge in [-0.1, -0.05) is 23.9 Å². The molecule has 0 bridgehead atoms. The van der Waals surface area contributed by atoms with Crippen LogP contribution in [0, 0.1) is 0 Å². The third-order valence-corrected chi connectivity index (χ3v) is 4.97. The maximum absolute atomic E-state index is 11.8. The molecular formula is C18H15NO4S. The maximum atomic E-state index is 11.8. The van der Waals surface area contributed by atoms with Gasteiger partial charge >= 0.3 is 5.97 Å². The van der Waals surface area contributed by atoms with E-state index in [4.69, 9.17) is 13.9 Å². The molecule has 0 aliphatic carbocycles. The van der Waals surface area contributed by atoms with Crippen molar-refractivity contribution in [1.29, 1.82) is 0 Å². The van der Waals surface area contributed by atoms with Crippen LogP contribution in [0.1, 0.15) is 17.9 Å². The van der Waals surface area contributed by atoms with Crippen LogP contribution in [0.15, 0.2) is 52.1 Å². The van der Waals surface area contributed by atoms with Gasteiger partial charge in [0, 0.05) is 17.2 Å². The van der Waals surface area contributed by atoms with E-state index in [9.17, 15) is 4.79 Å². The van der Waals surface area contributed by atoms with Crippen molar-refractivity contribution in [3.8, 4) is 11.5 Å². The van der Waals surface area contributed by atoms with E-state index >= 15 is 0 Å². The number of hydrogen-bond acceptors (Lipinski definition) is 6. The number of methoxy groups -OCH3 is 1. The lowest BCUT2D eigenvalue weighted by atomic mass is 9.94. The lowest BCUT2D eigenvalue weighted by molar-refractivity contribution is -0.135. The van der Waals surface area contributed by atoms with E-state index in [1.54, 1.807) is 19.2 Å². The van der Waals surface area contributed by atoms with Crippen molar-refractivity contribution in [2.24, 2.45) is 0 Å². The Balaban J connectivity index is 1.57. The molecule has 0 fully saturated rings. The minimum atomic E-state index is -0.212. The first-order valence-corrected chi connectivity index (χ1v) is 8.58. The quantitative estimate of drug-likeness (QED) is 0.406. The topological polar surface area (TPSA) is 61.6 Å². The minimum Gasteiger partial charge on any atom is -0.497 e. The van der Waals surface area contributed by atoms with Gasteiger partial charge in [-0.3, -0.25) is 4.79 Å². The monoisotopic (exact) mass is 341 g/mol. The number of benzene rings is 2. The average Bonchev–Trinajstić information content (AvgIpc) is 3.02. The summed E-state index contributed by atoms with van der Waals surface area (Å²) in [7, 11) is 1.62. The Morgan fingerprint density at radius 3 is 3.00 bits per heavy atom. The summed E-state index contributed by atoms with van der Waals surface area (Å²) in [6, 6.07) is 13.2. The third-order valence-electron chi connectivity index (χ3n) is 3.98. The molecule has 0 amide bonds. The van der Waals surface area contributed by atoms with Gasteiger partial charge in [-0.2, -0.15) is 0 Å². The highest BCUT2D eigenvalue weighted by Gasteiger charge is 2.28. The largest absolute Gasteiger partial charge is 0.497 e. The van der Waals surface area contributed by atoms with Gasteiger partial charge in [0.15, 0.2) is 5.58 Å². The highest BCUT2D eigenvalue weighted by atomic mass is 32.2. The van der Waals surface area contributed by atoms with Gasteiger partial charge in [0.2, 0.25) is 0 Å². The number of oxazole rings is 1. The molecule has 3 aromatic rings. The van der Waals surface area contributed by atoms with Crippen molar-refractivity contribution < 1.29 is 18.7 Å². The van der Waals surface area contributed by atoms with Crippen molar-refractivity contribution in [1.82, 2.24) is 4.98 Å². The highest BCUT2D eigenvalue weighted by Crippen LogP contribution is 2.39. The van der Waals surface area contributed by atoms with Gasteiger partial charge < -0.3 is 13.9 Å². The van der Waals surface area contributed by atoms with E-state index in [0.29, 0.717) is 23.1 Å². The number of nitrogens with zero attached hydrogens (tertiary/aromatic N) is 1. The van der Waals surface area contributed by atoms with Crippen LogP contribution in [0.3, 0.4) is 0 Å². The van der Waals surface area contributed by atoms with Gasteiger partial charge in [0.05, 0.1) is 13.5 Å². The van der Waals surface area contributed by atoms with E-state index in [1.807, 2.05) is 30.3 Å². The number of esters is 1. The summed E-state index contributed by atoms with van der Waals surface area (Å²) in [5.41, 5.74) is 2.59. The Kier molecular flexibility index (Phi) is 3.90. The number of para-hydroxylation sites is 2. The van der Waals surface area contributed by atoms with E-state index in [-0.39, 0.29) is 11.9 Å². The molecule has 2 heterocycles. The molecule has 0 radical (unpaired) electrons. The van der Waals surface area contributed by atoms with Crippen LogP contribution >= 0.6 is 11.8 Å². The van der Waals surface area contributed by atoms with Crippen LogP contribution in [-0.2, 0) is 4.79 Å². The highest BCUT2D eigenvalue weighted by molar-refractivity contribution is 7.99. The Bertz CT molecular complexity index is 872. The molecule has 4 rings (SSSR count). The van der Waals surface area contributed by atoms with E-state index in [2.05, 4.69) is 4.98 Å². The Labute approximate surface area is 143 Å². The first-order chi connectivity index (χ1) is 11.7. The first-order valence-electron chi connectivity index (χ1n) is 7.60. The fourth-order valence-corrected chi connectivity index (χ4v) is 3.73. The van der Waals surface area contributed by atoms with Crippen molar-refractivity contribution in [3.63, 3.8) is 0 Å². The molecule has 1 aliphatic heterocycles. The Morgan fingerprint density at radius 2 is 2.17 bits per heavy atom. The molecule has 2 aromatic carbocycles. The molecular weight excluding hydrogens is 326 g/mol. The van der Waals surface area contributed by atoms with Crippen LogP contribution < -0.4 is 9.47 Å². The van der Waals surface area contributed by atoms with Gasteiger partial charge in [-0.05, 0) is 30.3 Å². The summed E-state index contributed by atoms with van der Waals surface area (Å²) in [6.45, 7) is 0. The number of hydrogen-bond donors (Lipinski definition) is 0. The predicted molar refractivity (Wildman–Crippen MR) is 90.7 cm³/mol. The summed E-state index contributed by atoms with van der Waals surface area (Å²) in [5.74, 6) is 1.87. The first kappa shape index (κ1) is 15.1. The number of thioether (sulfide) groups is 1. The van der Waals surface area contributed by atoms with Crippen molar-refractivity contribution in [2.45, 2.75) is 17.6 Å². The average molecular weight is 341 g/mol. The smallest absolute Gasteiger partial charge is 0.311 e. The van der Waals surface area contributed by atoms with Crippen LogP contribution in [0.25, 0.3) is 11.1 Å². The summed E-state index contributed by atoms with van der Waals surface area (Å²) in [5, 5.41) is 0.611. The number of ether oxygens (including phenoxy) is 2. The number of aromatic nitrogens is 1. The van der Waals surface area contributed by atoms with Crippen LogP contribution in [0.2, 0.25) is 0 Å². The maximum Gasteiger partial charge on any atom is 0.311 e. The molecule has 1 aromatic heterocycles. The molecule has 1 aliphatic rings. The number of carbonyl (C=O) groups is 1. The second-order valence-electron chi connectivity index (χ2n) is 5.54. The minimum absolute atomic E-state index is 0.0383. The Hall–Kier alpha value is -2.47. The Morgan fingerprint density at radius 1 is 1.29 bits per heavy atom. The number of rotatable bonds is 4. The van der Waals surface area contributed by atoms with Gasteiger partial charge in [0.1, 0.15) is 17.0 Å². The lowest BCUT2D eigenvalue weighted by Gasteiger charge is -2.24. The van der Waals surface area contributed by atoms with E-state index in [0.717, 1.165) is 22.4 Å². The van der Waals surface area contributed by atoms with Crippen molar-refractivity contribution in [3.05, 3.63) is 48.0 Å². The molecule has 24 heavy (non-hydrogen) atoms. The predicted octanol–water partition coefficient (Wildman–Crippen LogP) is 4.02. The second kappa shape index (κ2) is 6.20. The molecule has 1 atom stereocenters. The van der Waals surface area contributed by atoms with Crippen LogP contribution in [0.4, 0.5) is 0 Å². The van der Waals surface area contributed by atoms with Gasteiger partial charge in [-0.15, -0.1) is 0 Å². The zero-order valence-electron chi connectivity index (χ0n) is 13.0. The SMILES string of the molecule is COc1ccc2c(c1)C(CSc1nc3ccccc3o1)CC(=O)O2. The molecule has 1 unspecified atom stereocenters. The number of fused-ring (bicyclic) bond motifs is 2. The molecule has 0 saturated heterocycles. The normalized spacial score (nSPS) is 16.7. The zero-order chi connectivity index (χ0) is 16.5. The van der Waals surface area contributed by atoms with E-state index < -0.39 is 0 Å². The van der Waals surface area contributed by atoms with Crippen molar-refractivity contribution in [2.75, 3.05) is 12.9 Å². The van der Waals surface area contributed by atoms with Gasteiger partial charge in [-0.25, -0.2) is 4.98 Å². The number of carbonyl (C=O) groups excluding carboxylic acids is 1. The van der Waals surface area contributed by atoms with Crippen molar-refractivity contribution >= 4 is 28.8 Å². The van der Waals surface area contributed by atoms with Crippen LogP contribution in [0.5, 0.6) is 11.5 Å². The molecule has 0 spiro atoms. The fourth-order valence-electron chi connectivity index (χ4n) is 2.77. The summed E-state index contributed by atoms with van der Waals surface area (Å²) in [4.78, 5) is 16.3. The summed E-state index contributed by atoms with van der Waals surface area (Å²) >= 11 is 1.51. The molecule has 0 N–H and O–H groups in total. The van der Waals surface area contributed by atoms with Crippen LogP contribution in [-0.4, -0.2) is 23.8 Å². The molecule has 6 heteroatoms. The molecule has 122 valence electrons. The summed E-state index contributed by atoms with van der Waals surface area (Å²) < 4.78 is 16.3. The molecule has 5 nitrogen and oxygen atoms in total. The van der Waals surface area contributed by atoms with Gasteiger partial charge in [0.25, 0.3) is 5.22 Å². The lowest BCUT2D eigenvalue weighted by Crippen LogP contribution is -2.21. The zero-order valence-corrected chi connectivity index (χ0v) is 13.8. The fraction of sp³-hybridized carbons (Fsp3) is 0.222. The third kappa shape index (κ3) is 2.85. The second-order valence-corrected chi connectivity index (χ2v) is 6.51. The standard InChI is InChI=1S/C18H15NO4S/c1-21-12-6-7-15-13(9-12)11(8-17(20)22-15)10-24-18-19-14-4-2-3-5-16(14)23-18/h2-7,9,11H,8,10H2,1H3. The van der Waals surface area contributed by atoms with E-state index in [1.165, 1.54) is 11.8 Å². The summed E-state index contributed by atoms with van der Waals surface area (Å²) in [6.07, 6.45) is 0.341.